The van der Waals surface area contributed by atoms with Crippen LogP contribution in [0, 0.1) is 5.92 Å². The summed E-state index contributed by atoms with van der Waals surface area (Å²) in [6.45, 7) is 4.73. The van der Waals surface area contributed by atoms with Crippen LogP contribution < -0.4 is 9.64 Å². The number of piperazine rings is 1. The molecule has 0 saturated carbocycles. The number of ketones is 1. The summed E-state index contributed by atoms with van der Waals surface area (Å²) in [6.07, 6.45) is 1.93. The first-order chi connectivity index (χ1) is 14.7. The first kappa shape index (κ1) is 19.2. The first-order valence-electron chi connectivity index (χ1n) is 10.9. The molecule has 1 aromatic heterocycles. The lowest BCUT2D eigenvalue weighted by Crippen LogP contribution is -2.49. The minimum atomic E-state index is 0.0983. The van der Waals surface area contributed by atoms with Crippen molar-refractivity contribution in [2.45, 2.75) is 12.8 Å². The van der Waals surface area contributed by atoms with Gasteiger partial charge in [-0.25, -0.2) is 0 Å². The minimum Gasteiger partial charge on any atom is -0.495 e. The maximum absolute atomic E-state index is 13.4. The molecule has 1 saturated heterocycles. The van der Waals surface area contributed by atoms with Gasteiger partial charge in [0.1, 0.15) is 5.75 Å². The van der Waals surface area contributed by atoms with E-state index in [4.69, 9.17) is 4.74 Å². The number of hydrogen-bond donors (Lipinski definition) is 0. The molecule has 0 spiro atoms. The highest BCUT2D eigenvalue weighted by molar-refractivity contribution is 6.11. The quantitative estimate of drug-likeness (QED) is 0.665. The molecule has 2 aromatic carbocycles. The summed E-state index contributed by atoms with van der Waals surface area (Å²) in [5.41, 5.74) is 4.51. The van der Waals surface area contributed by atoms with Crippen molar-refractivity contribution in [3.05, 3.63) is 59.8 Å². The molecule has 0 N–H and O–H groups in total. The number of Topliss-reactive ketones (excluding diaryl/α,β-unsaturated/α-hetero) is 1. The lowest BCUT2D eigenvalue weighted by molar-refractivity contribution is 0.0854. The van der Waals surface area contributed by atoms with Crippen LogP contribution in [0.2, 0.25) is 0 Å². The van der Waals surface area contributed by atoms with Crippen molar-refractivity contribution in [3.8, 4) is 5.75 Å². The molecule has 0 amide bonds. The van der Waals surface area contributed by atoms with Gasteiger partial charge in [0.25, 0.3) is 0 Å². The first-order valence-corrected chi connectivity index (χ1v) is 10.9. The average molecular weight is 404 g/mol. The molecule has 5 heteroatoms. The Kier molecular flexibility index (Phi) is 4.99. The number of anilines is 1. The van der Waals surface area contributed by atoms with Crippen LogP contribution in [0.1, 0.15) is 22.5 Å². The summed E-state index contributed by atoms with van der Waals surface area (Å²) in [5.74, 6) is 1.36. The van der Waals surface area contributed by atoms with E-state index in [1.54, 1.807) is 7.11 Å². The number of benzene rings is 2. The number of ether oxygens (including phenoxy) is 1. The maximum atomic E-state index is 13.4. The Morgan fingerprint density at radius 1 is 1.00 bits per heavy atom. The summed E-state index contributed by atoms with van der Waals surface area (Å²) >= 11 is 0. The minimum absolute atomic E-state index is 0.0983. The Balaban J connectivity index is 1.28. The third-order valence-corrected chi connectivity index (χ3v) is 6.85. The van der Waals surface area contributed by atoms with Gasteiger partial charge in [0.15, 0.2) is 5.78 Å². The molecule has 1 aliphatic carbocycles. The summed E-state index contributed by atoms with van der Waals surface area (Å²) in [5, 5.41) is 1.12. The zero-order valence-electron chi connectivity index (χ0n) is 17.8. The van der Waals surface area contributed by atoms with E-state index in [2.05, 4.69) is 51.7 Å². The van der Waals surface area contributed by atoms with Crippen molar-refractivity contribution in [1.29, 1.82) is 0 Å². The van der Waals surface area contributed by atoms with Crippen molar-refractivity contribution in [2.75, 3.05) is 44.7 Å². The lowest BCUT2D eigenvalue weighted by atomic mass is 9.84. The molecule has 5 nitrogen and oxygen atoms in total. The van der Waals surface area contributed by atoms with E-state index in [1.807, 2.05) is 18.2 Å². The third-order valence-electron chi connectivity index (χ3n) is 6.85. The number of methoxy groups -OCH3 is 1. The van der Waals surface area contributed by atoms with Gasteiger partial charge in [-0.05, 0) is 31.0 Å². The second-order valence-electron chi connectivity index (χ2n) is 8.46. The molecule has 5 rings (SSSR count). The largest absolute Gasteiger partial charge is 0.495 e. The van der Waals surface area contributed by atoms with Gasteiger partial charge in [0.05, 0.1) is 12.8 Å². The number of fused-ring (bicyclic) bond motifs is 3. The number of hydrogen-bond acceptors (Lipinski definition) is 4. The summed E-state index contributed by atoms with van der Waals surface area (Å²) in [4.78, 5) is 18.3. The molecule has 2 heterocycles. The fourth-order valence-corrected chi connectivity index (χ4v) is 5.21. The molecule has 1 unspecified atom stereocenters. The van der Waals surface area contributed by atoms with Gasteiger partial charge < -0.3 is 14.2 Å². The number of aromatic nitrogens is 1. The molecule has 0 radical (unpaired) electrons. The Morgan fingerprint density at radius 3 is 2.53 bits per heavy atom. The topological polar surface area (TPSA) is 37.7 Å². The van der Waals surface area contributed by atoms with Crippen molar-refractivity contribution in [3.63, 3.8) is 0 Å². The van der Waals surface area contributed by atoms with Crippen LogP contribution in [-0.4, -0.2) is 55.1 Å². The van der Waals surface area contributed by atoms with Gasteiger partial charge >= 0.3 is 0 Å². The van der Waals surface area contributed by atoms with Crippen LogP contribution in [0.3, 0.4) is 0 Å². The Bertz CT molecular complexity index is 1080. The smallest absolute Gasteiger partial charge is 0.169 e. The van der Waals surface area contributed by atoms with Crippen LogP contribution in [0.5, 0.6) is 5.75 Å². The van der Waals surface area contributed by atoms with Crippen molar-refractivity contribution in [2.24, 2.45) is 13.0 Å². The Morgan fingerprint density at radius 2 is 1.73 bits per heavy atom. The molecule has 0 bridgehead atoms. The van der Waals surface area contributed by atoms with E-state index in [0.717, 1.165) is 68.0 Å². The molecular weight excluding hydrogens is 374 g/mol. The molecule has 1 atom stereocenters. The van der Waals surface area contributed by atoms with Gasteiger partial charge in [0.2, 0.25) is 0 Å². The summed E-state index contributed by atoms with van der Waals surface area (Å²) < 4.78 is 7.74. The highest BCUT2D eigenvalue weighted by atomic mass is 16.5. The molecule has 30 heavy (non-hydrogen) atoms. The molecular formula is C25H29N3O2. The monoisotopic (exact) mass is 403 g/mol. The second-order valence-corrected chi connectivity index (χ2v) is 8.46. The fraction of sp³-hybridized carbons (Fsp3) is 0.400. The van der Waals surface area contributed by atoms with Crippen LogP contribution in [-0.2, 0) is 13.5 Å². The zero-order chi connectivity index (χ0) is 20.7. The summed E-state index contributed by atoms with van der Waals surface area (Å²) in [7, 11) is 3.82. The predicted molar refractivity (Wildman–Crippen MR) is 121 cm³/mol. The predicted octanol–water partition coefficient (Wildman–Crippen LogP) is 3.75. The maximum Gasteiger partial charge on any atom is 0.169 e. The molecule has 156 valence electrons. The van der Waals surface area contributed by atoms with Crippen molar-refractivity contribution in [1.82, 2.24) is 9.47 Å². The van der Waals surface area contributed by atoms with Gasteiger partial charge in [0, 0.05) is 67.8 Å². The number of para-hydroxylation sites is 3. The van der Waals surface area contributed by atoms with Crippen LogP contribution in [0.15, 0.2) is 48.5 Å². The lowest BCUT2D eigenvalue weighted by Gasteiger charge is -2.38. The van der Waals surface area contributed by atoms with E-state index >= 15 is 0 Å². The Hall–Kier alpha value is -2.79. The van der Waals surface area contributed by atoms with Crippen LogP contribution in [0.25, 0.3) is 10.9 Å². The third kappa shape index (κ3) is 3.18. The normalized spacial score (nSPS) is 19.9. The average Bonchev–Trinajstić information content (AvgIpc) is 3.09. The molecule has 1 fully saturated rings. The number of aryl methyl sites for hydroxylation is 1. The van der Waals surface area contributed by atoms with Gasteiger partial charge in [-0.3, -0.25) is 9.69 Å². The molecule has 1 aliphatic heterocycles. The number of rotatable bonds is 4. The van der Waals surface area contributed by atoms with Gasteiger partial charge in [-0.2, -0.15) is 0 Å². The zero-order valence-corrected chi connectivity index (χ0v) is 17.8. The van der Waals surface area contributed by atoms with E-state index in [0.29, 0.717) is 5.78 Å². The van der Waals surface area contributed by atoms with E-state index in [-0.39, 0.29) is 5.92 Å². The van der Waals surface area contributed by atoms with E-state index in [9.17, 15) is 4.79 Å². The highest BCUT2D eigenvalue weighted by Crippen LogP contribution is 2.34. The SMILES string of the molecule is COc1ccccc1N1CCN(CC2CCc3c(c4ccccc4n3C)C2=O)CC1. The molecule has 2 aliphatic rings. The van der Waals surface area contributed by atoms with Crippen molar-refractivity contribution < 1.29 is 9.53 Å². The van der Waals surface area contributed by atoms with Crippen LogP contribution >= 0.6 is 0 Å². The van der Waals surface area contributed by atoms with Crippen molar-refractivity contribution >= 4 is 22.4 Å². The standard InChI is InChI=1S/C25H29N3O2/c1-26-20-8-4-3-7-19(20)24-22(26)12-11-18(25(24)29)17-27-13-15-28(16-14-27)21-9-5-6-10-23(21)30-2/h3-10,18H,11-17H2,1-2H3. The number of carbonyl (C=O) groups is 1. The van der Waals surface area contributed by atoms with E-state index < -0.39 is 0 Å². The van der Waals surface area contributed by atoms with Gasteiger partial charge in [-0.1, -0.05) is 30.3 Å². The van der Waals surface area contributed by atoms with E-state index in [1.165, 1.54) is 11.2 Å². The summed E-state index contributed by atoms with van der Waals surface area (Å²) in [6, 6.07) is 16.5. The number of carbonyl (C=O) groups excluding carboxylic acids is 1. The fourth-order valence-electron chi connectivity index (χ4n) is 5.21. The van der Waals surface area contributed by atoms with Crippen LogP contribution in [0.4, 0.5) is 5.69 Å². The number of nitrogens with zero attached hydrogens (tertiary/aromatic N) is 3. The van der Waals surface area contributed by atoms with Gasteiger partial charge in [-0.15, -0.1) is 0 Å². The molecule has 3 aromatic rings. The Labute approximate surface area is 177 Å². The highest BCUT2D eigenvalue weighted by Gasteiger charge is 2.33. The second kappa shape index (κ2) is 7.80.